The molecule has 1 atom stereocenters. The van der Waals surface area contributed by atoms with Gasteiger partial charge >= 0.3 is 0 Å². The molecule has 110 valence electrons. The van der Waals surface area contributed by atoms with Crippen LogP contribution < -0.4 is 0 Å². The van der Waals surface area contributed by atoms with Gasteiger partial charge in [-0.1, -0.05) is 0 Å². The number of aryl methyl sites for hydroxylation is 3. The number of hydrogen-bond donors (Lipinski definition) is 0. The van der Waals surface area contributed by atoms with Crippen molar-refractivity contribution < 1.29 is 4.79 Å². The quantitative estimate of drug-likeness (QED) is 0.844. The second-order valence-electron chi connectivity index (χ2n) is 5.55. The predicted molar refractivity (Wildman–Crippen MR) is 77.7 cm³/mol. The van der Waals surface area contributed by atoms with E-state index in [9.17, 15) is 4.79 Å². The zero-order valence-corrected chi connectivity index (χ0v) is 12.6. The molecule has 1 aliphatic rings. The number of amides is 1. The number of hydrogen-bond acceptors (Lipinski definition) is 4. The van der Waals surface area contributed by atoms with Crippen LogP contribution >= 0.6 is 0 Å². The molecule has 21 heavy (non-hydrogen) atoms. The Labute approximate surface area is 123 Å². The summed E-state index contributed by atoms with van der Waals surface area (Å²) in [5.74, 6) is 0.879. The number of likely N-dealkylation sites (tertiary alicyclic amines) is 1. The van der Waals surface area contributed by atoms with E-state index < -0.39 is 0 Å². The van der Waals surface area contributed by atoms with E-state index >= 15 is 0 Å². The topological polar surface area (TPSA) is 63.9 Å². The Kier molecular flexibility index (Phi) is 3.45. The van der Waals surface area contributed by atoms with Crippen molar-refractivity contribution >= 4 is 5.91 Å². The lowest BCUT2D eigenvalue weighted by molar-refractivity contribution is 0.0721. The van der Waals surface area contributed by atoms with E-state index in [0.29, 0.717) is 5.69 Å². The third-order valence-corrected chi connectivity index (χ3v) is 3.84. The number of carbonyl (C=O) groups excluding carboxylic acids is 1. The smallest absolute Gasteiger partial charge is 0.274 e. The fourth-order valence-corrected chi connectivity index (χ4v) is 2.87. The van der Waals surface area contributed by atoms with Gasteiger partial charge in [0.15, 0.2) is 0 Å². The molecule has 0 aliphatic carbocycles. The van der Waals surface area contributed by atoms with Crippen LogP contribution in [0.15, 0.2) is 18.6 Å². The zero-order valence-electron chi connectivity index (χ0n) is 12.6. The summed E-state index contributed by atoms with van der Waals surface area (Å²) in [5, 5.41) is 0. The molecule has 3 heterocycles. The predicted octanol–water partition coefficient (Wildman–Crippen LogP) is 1.80. The van der Waals surface area contributed by atoms with Gasteiger partial charge in [-0.3, -0.25) is 9.78 Å². The average molecular weight is 285 g/mol. The molecular formula is C15H19N5O. The first-order valence-electron chi connectivity index (χ1n) is 7.15. The summed E-state index contributed by atoms with van der Waals surface area (Å²) >= 11 is 0. The summed E-state index contributed by atoms with van der Waals surface area (Å²) in [4.78, 5) is 27.4. The van der Waals surface area contributed by atoms with Gasteiger partial charge in [0.1, 0.15) is 11.5 Å². The molecule has 0 aromatic carbocycles. The van der Waals surface area contributed by atoms with Crippen molar-refractivity contribution in [3.05, 3.63) is 41.5 Å². The van der Waals surface area contributed by atoms with Crippen molar-refractivity contribution in [1.29, 1.82) is 0 Å². The summed E-state index contributed by atoms with van der Waals surface area (Å²) in [6.45, 7) is 4.57. The zero-order chi connectivity index (χ0) is 15.0. The lowest BCUT2D eigenvalue weighted by Crippen LogP contribution is -2.32. The van der Waals surface area contributed by atoms with Crippen molar-refractivity contribution in [2.75, 3.05) is 6.54 Å². The van der Waals surface area contributed by atoms with Crippen molar-refractivity contribution in [2.45, 2.75) is 32.7 Å². The van der Waals surface area contributed by atoms with Gasteiger partial charge in [0.05, 0.1) is 23.6 Å². The van der Waals surface area contributed by atoms with Gasteiger partial charge in [0.25, 0.3) is 5.91 Å². The molecule has 1 fully saturated rings. The fraction of sp³-hybridized carbons (Fsp3) is 0.467. The Morgan fingerprint density at radius 3 is 2.67 bits per heavy atom. The second kappa shape index (κ2) is 5.27. The van der Waals surface area contributed by atoms with Crippen molar-refractivity contribution in [3.63, 3.8) is 0 Å². The Morgan fingerprint density at radius 2 is 2.05 bits per heavy atom. The molecule has 0 N–H and O–H groups in total. The largest absolute Gasteiger partial charge is 0.336 e. The maximum absolute atomic E-state index is 12.6. The van der Waals surface area contributed by atoms with Gasteiger partial charge in [-0.25, -0.2) is 9.97 Å². The van der Waals surface area contributed by atoms with Crippen LogP contribution in [-0.4, -0.2) is 36.9 Å². The molecule has 0 saturated carbocycles. The van der Waals surface area contributed by atoms with E-state index in [2.05, 4.69) is 15.0 Å². The minimum absolute atomic E-state index is 0.0271. The summed E-state index contributed by atoms with van der Waals surface area (Å²) in [7, 11) is 1.97. The van der Waals surface area contributed by atoms with Crippen LogP contribution in [0.1, 0.15) is 46.6 Å². The highest BCUT2D eigenvalue weighted by atomic mass is 16.2. The molecule has 6 nitrogen and oxygen atoms in total. The Balaban J connectivity index is 1.88. The summed E-state index contributed by atoms with van der Waals surface area (Å²) in [6, 6.07) is 0.0271. The first kappa shape index (κ1) is 13.7. The fourth-order valence-electron chi connectivity index (χ4n) is 2.87. The summed E-state index contributed by atoms with van der Waals surface area (Å²) in [6.07, 6.45) is 7.10. The van der Waals surface area contributed by atoms with Crippen LogP contribution in [0.4, 0.5) is 0 Å². The molecule has 6 heteroatoms. The minimum atomic E-state index is -0.0642. The van der Waals surface area contributed by atoms with E-state index in [1.165, 1.54) is 0 Å². The highest BCUT2D eigenvalue weighted by Gasteiger charge is 2.33. The second-order valence-corrected chi connectivity index (χ2v) is 5.55. The van der Waals surface area contributed by atoms with Crippen LogP contribution in [0.25, 0.3) is 0 Å². The van der Waals surface area contributed by atoms with Crippen LogP contribution in [0.3, 0.4) is 0 Å². The van der Waals surface area contributed by atoms with E-state index in [1.54, 1.807) is 12.4 Å². The molecule has 1 amide bonds. The van der Waals surface area contributed by atoms with Crippen molar-refractivity contribution in [1.82, 2.24) is 24.4 Å². The van der Waals surface area contributed by atoms with Gasteiger partial charge < -0.3 is 9.47 Å². The maximum Gasteiger partial charge on any atom is 0.274 e. The van der Waals surface area contributed by atoms with Gasteiger partial charge in [-0.2, -0.15) is 0 Å². The number of carbonyl (C=O) groups is 1. The molecule has 0 unspecified atom stereocenters. The number of nitrogens with zero attached hydrogens (tertiary/aromatic N) is 5. The Bertz CT molecular complexity index is 661. The number of aromatic nitrogens is 4. The third-order valence-electron chi connectivity index (χ3n) is 3.84. The van der Waals surface area contributed by atoms with Gasteiger partial charge in [0, 0.05) is 26.0 Å². The molecule has 0 spiro atoms. The molecule has 0 bridgehead atoms. The summed E-state index contributed by atoms with van der Waals surface area (Å²) in [5.41, 5.74) is 2.18. The lowest BCUT2D eigenvalue weighted by Gasteiger charge is -2.23. The Morgan fingerprint density at radius 1 is 1.24 bits per heavy atom. The highest BCUT2D eigenvalue weighted by Crippen LogP contribution is 2.32. The summed E-state index contributed by atoms with van der Waals surface area (Å²) < 4.78 is 2.01. The number of rotatable bonds is 2. The molecule has 1 aliphatic heterocycles. The van der Waals surface area contributed by atoms with Gasteiger partial charge in [-0.05, 0) is 26.7 Å². The van der Waals surface area contributed by atoms with Crippen LogP contribution in [0.2, 0.25) is 0 Å². The molecule has 0 radical (unpaired) electrons. The third kappa shape index (κ3) is 2.53. The van der Waals surface area contributed by atoms with E-state index in [-0.39, 0.29) is 11.9 Å². The van der Waals surface area contributed by atoms with Gasteiger partial charge in [-0.15, -0.1) is 0 Å². The maximum atomic E-state index is 12.6. The SMILES string of the molecule is Cc1cnc(C(=O)N2CCC[C@H]2c2nc(C)cn2C)cn1. The van der Waals surface area contributed by atoms with E-state index in [1.807, 2.05) is 36.6 Å². The first-order valence-corrected chi connectivity index (χ1v) is 7.15. The van der Waals surface area contributed by atoms with E-state index in [4.69, 9.17) is 0 Å². The average Bonchev–Trinajstić information content (AvgIpc) is 3.05. The highest BCUT2D eigenvalue weighted by molar-refractivity contribution is 5.92. The molecule has 1 saturated heterocycles. The monoisotopic (exact) mass is 285 g/mol. The van der Waals surface area contributed by atoms with Crippen LogP contribution in [0, 0.1) is 13.8 Å². The van der Waals surface area contributed by atoms with Crippen molar-refractivity contribution in [2.24, 2.45) is 7.05 Å². The van der Waals surface area contributed by atoms with E-state index in [0.717, 1.165) is 36.6 Å². The van der Waals surface area contributed by atoms with Gasteiger partial charge in [0.2, 0.25) is 0 Å². The minimum Gasteiger partial charge on any atom is -0.336 e. The molecule has 2 aromatic rings. The van der Waals surface area contributed by atoms with Crippen LogP contribution in [-0.2, 0) is 7.05 Å². The van der Waals surface area contributed by atoms with Crippen LogP contribution in [0.5, 0.6) is 0 Å². The number of imidazole rings is 1. The molecular weight excluding hydrogens is 266 g/mol. The molecule has 2 aromatic heterocycles. The standard InChI is InChI=1S/C15H19N5O/c1-10-7-17-12(8-16-10)15(21)20-6-4-5-13(20)14-18-11(2)9-19(14)3/h7-9,13H,4-6H2,1-3H3/t13-/m0/s1. The molecule has 3 rings (SSSR count). The van der Waals surface area contributed by atoms with Crippen molar-refractivity contribution in [3.8, 4) is 0 Å². The normalized spacial score (nSPS) is 18.2. The lowest BCUT2D eigenvalue weighted by atomic mass is 10.2. The Hall–Kier alpha value is -2.24. The first-order chi connectivity index (χ1) is 10.1.